The maximum absolute atomic E-state index is 10.6. The van der Waals surface area contributed by atoms with Gasteiger partial charge in [0.2, 0.25) is 0 Å². The lowest BCUT2D eigenvalue weighted by Crippen LogP contribution is -1.96. The fraction of sp³-hybridized carbons (Fsp3) is 0.308. The quantitative estimate of drug-likeness (QED) is 0.882. The van der Waals surface area contributed by atoms with Crippen LogP contribution in [0.2, 0.25) is 0 Å². The van der Waals surface area contributed by atoms with Gasteiger partial charge in [0.25, 0.3) is 0 Å². The molecule has 1 aromatic heterocycles. The molecule has 1 heterocycles. The van der Waals surface area contributed by atoms with E-state index in [-0.39, 0.29) is 6.42 Å². The van der Waals surface area contributed by atoms with E-state index in [1.54, 1.807) is 11.3 Å². The van der Waals surface area contributed by atoms with Crippen LogP contribution in [-0.4, -0.2) is 11.1 Å². The average Bonchev–Trinajstić information content (AvgIpc) is 2.52. The minimum Gasteiger partial charge on any atom is -0.481 e. The molecule has 0 aliphatic carbocycles. The Balaban J connectivity index is 2.39. The summed E-state index contributed by atoms with van der Waals surface area (Å²) in [6.07, 6.45) is 0.853. The summed E-state index contributed by atoms with van der Waals surface area (Å²) < 4.78 is 1.26. The molecule has 84 valence electrons. The summed E-state index contributed by atoms with van der Waals surface area (Å²) in [7, 11) is 0. The largest absolute Gasteiger partial charge is 0.481 e. The van der Waals surface area contributed by atoms with Crippen molar-refractivity contribution < 1.29 is 9.90 Å². The second kappa shape index (κ2) is 4.26. The number of benzene rings is 1. The maximum atomic E-state index is 10.6. The van der Waals surface area contributed by atoms with E-state index in [9.17, 15) is 4.79 Å². The number of carbonyl (C=O) groups is 1. The number of aryl methyl sites for hydroxylation is 3. The number of aliphatic carboxylic acids is 1. The Hall–Kier alpha value is -1.35. The van der Waals surface area contributed by atoms with E-state index in [4.69, 9.17) is 5.11 Å². The molecule has 0 aliphatic heterocycles. The fourth-order valence-corrected chi connectivity index (χ4v) is 3.15. The zero-order valence-corrected chi connectivity index (χ0v) is 10.2. The molecule has 0 saturated carbocycles. The van der Waals surface area contributed by atoms with E-state index in [0.29, 0.717) is 6.42 Å². The third-order valence-corrected chi connectivity index (χ3v) is 4.07. The Labute approximate surface area is 98.5 Å². The Kier molecular flexibility index (Phi) is 2.97. The predicted molar refractivity (Wildman–Crippen MR) is 67.3 cm³/mol. The van der Waals surface area contributed by atoms with Crippen molar-refractivity contribution in [2.75, 3.05) is 0 Å². The molecule has 0 spiro atoms. The number of hydrogen-bond donors (Lipinski definition) is 1. The molecule has 0 atom stereocenters. The van der Waals surface area contributed by atoms with Gasteiger partial charge in [0.1, 0.15) is 0 Å². The minimum absolute atomic E-state index is 0.215. The highest BCUT2D eigenvalue weighted by atomic mass is 32.1. The summed E-state index contributed by atoms with van der Waals surface area (Å²) in [5.74, 6) is -0.729. The highest BCUT2D eigenvalue weighted by molar-refractivity contribution is 7.19. The van der Waals surface area contributed by atoms with Crippen molar-refractivity contribution in [2.24, 2.45) is 0 Å². The zero-order valence-electron chi connectivity index (χ0n) is 9.41. The number of fused-ring (bicyclic) bond motifs is 1. The first-order valence-corrected chi connectivity index (χ1v) is 6.10. The standard InChI is InChI=1S/C13H14O2S/c1-8-3-4-10-9(2)11(5-6-13(14)15)16-12(10)7-8/h3-4,7H,5-6H2,1-2H3,(H,14,15). The van der Waals surface area contributed by atoms with Gasteiger partial charge in [-0.05, 0) is 42.8 Å². The summed E-state index contributed by atoms with van der Waals surface area (Å²) in [6.45, 7) is 4.15. The van der Waals surface area contributed by atoms with Gasteiger partial charge in [-0.2, -0.15) is 0 Å². The monoisotopic (exact) mass is 234 g/mol. The van der Waals surface area contributed by atoms with Gasteiger partial charge in [-0.1, -0.05) is 12.1 Å². The second-order valence-electron chi connectivity index (χ2n) is 4.04. The molecule has 2 nitrogen and oxygen atoms in total. The van der Waals surface area contributed by atoms with Crippen LogP contribution in [0.1, 0.15) is 22.4 Å². The summed E-state index contributed by atoms with van der Waals surface area (Å²) in [4.78, 5) is 11.8. The first-order chi connectivity index (χ1) is 7.58. The Morgan fingerprint density at radius 3 is 2.81 bits per heavy atom. The highest BCUT2D eigenvalue weighted by Crippen LogP contribution is 2.32. The number of carboxylic acid groups (broad SMARTS) is 1. The van der Waals surface area contributed by atoms with E-state index in [1.165, 1.54) is 26.1 Å². The van der Waals surface area contributed by atoms with Crippen LogP contribution in [0.3, 0.4) is 0 Å². The number of hydrogen-bond acceptors (Lipinski definition) is 2. The van der Waals surface area contributed by atoms with Crippen molar-refractivity contribution >= 4 is 27.4 Å². The summed E-state index contributed by atoms with van der Waals surface area (Å²) in [5, 5.41) is 9.95. The molecular formula is C13H14O2S. The van der Waals surface area contributed by atoms with Gasteiger partial charge in [-0.15, -0.1) is 11.3 Å². The zero-order chi connectivity index (χ0) is 11.7. The molecule has 1 N–H and O–H groups in total. The molecule has 0 fully saturated rings. The molecular weight excluding hydrogens is 220 g/mol. The Bertz CT molecular complexity index is 540. The second-order valence-corrected chi connectivity index (χ2v) is 5.18. The Morgan fingerprint density at radius 2 is 2.12 bits per heavy atom. The maximum Gasteiger partial charge on any atom is 0.303 e. The number of rotatable bonds is 3. The van der Waals surface area contributed by atoms with E-state index in [1.807, 2.05) is 0 Å². The van der Waals surface area contributed by atoms with Crippen molar-refractivity contribution in [3.05, 3.63) is 34.2 Å². The molecule has 0 amide bonds. The van der Waals surface area contributed by atoms with Crippen LogP contribution in [0.5, 0.6) is 0 Å². The molecule has 2 aromatic rings. The van der Waals surface area contributed by atoms with Crippen LogP contribution in [0.25, 0.3) is 10.1 Å². The first kappa shape index (κ1) is 11.1. The fourth-order valence-electron chi connectivity index (χ4n) is 1.84. The third-order valence-electron chi connectivity index (χ3n) is 2.76. The van der Waals surface area contributed by atoms with Crippen molar-refractivity contribution in [3.8, 4) is 0 Å². The van der Waals surface area contributed by atoms with Crippen LogP contribution in [0.15, 0.2) is 18.2 Å². The third kappa shape index (κ3) is 2.09. The van der Waals surface area contributed by atoms with E-state index < -0.39 is 5.97 Å². The molecule has 1 aromatic carbocycles. The Morgan fingerprint density at radius 1 is 1.38 bits per heavy atom. The lowest BCUT2D eigenvalue weighted by Gasteiger charge is -1.96. The molecule has 0 bridgehead atoms. The van der Waals surface area contributed by atoms with Crippen LogP contribution < -0.4 is 0 Å². The lowest BCUT2D eigenvalue weighted by molar-refractivity contribution is -0.136. The highest BCUT2D eigenvalue weighted by Gasteiger charge is 2.09. The first-order valence-electron chi connectivity index (χ1n) is 5.28. The molecule has 0 aliphatic rings. The smallest absolute Gasteiger partial charge is 0.303 e. The summed E-state index contributed by atoms with van der Waals surface area (Å²) in [6, 6.07) is 6.39. The average molecular weight is 234 g/mol. The van der Waals surface area contributed by atoms with E-state index >= 15 is 0 Å². The lowest BCUT2D eigenvalue weighted by atomic mass is 10.1. The van der Waals surface area contributed by atoms with Gasteiger partial charge in [-0.25, -0.2) is 0 Å². The number of carboxylic acids is 1. The van der Waals surface area contributed by atoms with E-state index in [2.05, 4.69) is 32.0 Å². The van der Waals surface area contributed by atoms with Crippen LogP contribution in [0, 0.1) is 13.8 Å². The minimum atomic E-state index is -0.729. The topological polar surface area (TPSA) is 37.3 Å². The summed E-state index contributed by atoms with van der Waals surface area (Å²) in [5.41, 5.74) is 2.49. The van der Waals surface area contributed by atoms with Crippen molar-refractivity contribution in [1.29, 1.82) is 0 Å². The SMILES string of the molecule is Cc1ccc2c(C)c(CCC(=O)O)sc2c1. The number of thiophene rings is 1. The normalized spacial score (nSPS) is 10.9. The molecule has 3 heteroatoms. The van der Waals surface area contributed by atoms with Crippen molar-refractivity contribution in [3.63, 3.8) is 0 Å². The van der Waals surface area contributed by atoms with Gasteiger partial charge in [-0.3, -0.25) is 4.79 Å². The molecule has 2 rings (SSSR count). The van der Waals surface area contributed by atoms with Gasteiger partial charge in [0.15, 0.2) is 0 Å². The van der Waals surface area contributed by atoms with Crippen LogP contribution in [-0.2, 0) is 11.2 Å². The molecule has 0 unspecified atom stereocenters. The van der Waals surface area contributed by atoms with Gasteiger partial charge < -0.3 is 5.11 Å². The van der Waals surface area contributed by atoms with Gasteiger partial charge >= 0.3 is 5.97 Å². The van der Waals surface area contributed by atoms with Crippen LogP contribution in [0.4, 0.5) is 0 Å². The van der Waals surface area contributed by atoms with Crippen molar-refractivity contribution in [2.45, 2.75) is 26.7 Å². The predicted octanol–water partition coefficient (Wildman–Crippen LogP) is 3.54. The molecule has 0 saturated heterocycles. The van der Waals surface area contributed by atoms with Crippen LogP contribution >= 0.6 is 11.3 Å². The molecule has 0 radical (unpaired) electrons. The van der Waals surface area contributed by atoms with Gasteiger partial charge in [0.05, 0.1) is 6.42 Å². The van der Waals surface area contributed by atoms with Crippen molar-refractivity contribution in [1.82, 2.24) is 0 Å². The summed E-state index contributed by atoms with van der Waals surface area (Å²) >= 11 is 1.72. The van der Waals surface area contributed by atoms with E-state index in [0.717, 1.165) is 0 Å². The molecule has 16 heavy (non-hydrogen) atoms. The van der Waals surface area contributed by atoms with Gasteiger partial charge in [0, 0.05) is 9.58 Å².